The summed E-state index contributed by atoms with van der Waals surface area (Å²) >= 11 is 0. The second kappa shape index (κ2) is 5.93. The Morgan fingerprint density at radius 3 is 2.50 bits per heavy atom. The molecule has 0 saturated carbocycles. The van der Waals surface area contributed by atoms with Gasteiger partial charge in [0.25, 0.3) is 5.91 Å². The van der Waals surface area contributed by atoms with Crippen molar-refractivity contribution in [3.8, 4) is 0 Å². The topological polar surface area (TPSA) is 66.5 Å². The van der Waals surface area contributed by atoms with Crippen LogP contribution < -0.4 is 5.32 Å². The molecule has 1 aliphatic heterocycles. The van der Waals surface area contributed by atoms with Crippen molar-refractivity contribution < 1.29 is 13.2 Å². The van der Waals surface area contributed by atoms with E-state index >= 15 is 0 Å². The van der Waals surface area contributed by atoms with Crippen LogP contribution in [0.25, 0.3) is 0 Å². The van der Waals surface area contributed by atoms with Gasteiger partial charge in [-0.15, -0.1) is 0 Å². The Labute approximate surface area is 119 Å². The molecule has 1 aromatic rings. The van der Waals surface area contributed by atoms with Gasteiger partial charge >= 0.3 is 0 Å². The van der Waals surface area contributed by atoms with Gasteiger partial charge in [0.15, 0.2) is 9.84 Å². The van der Waals surface area contributed by atoms with Crippen LogP contribution >= 0.6 is 0 Å². The first-order valence-electron chi connectivity index (χ1n) is 6.76. The van der Waals surface area contributed by atoms with Crippen LogP contribution in [0.4, 0.5) is 0 Å². The lowest BCUT2D eigenvalue weighted by molar-refractivity contribution is 0.0735. The first kappa shape index (κ1) is 15.0. The van der Waals surface area contributed by atoms with Gasteiger partial charge in [0.05, 0.1) is 4.90 Å². The molecule has 0 unspecified atom stereocenters. The molecule has 0 aromatic heterocycles. The quantitative estimate of drug-likeness (QED) is 0.891. The molecular formula is C14H20N2O3S. The number of amides is 1. The maximum Gasteiger partial charge on any atom is 0.253 e. The van der Waals surface area contributed by atoms with Crippen LogP contribution in [0, 0.1) is 0 Å². The monoisotopic (exact) mass is 296 g/mol. The van der Waals surface area contributed by atoms with Gasteiger partial charge in [0.2, 0.25) is 0 Å². The zero-order valence-electron chi connectivity index (χ0n) is 11.8. The third-order valence-corrected chi connectivity index (χ3v) is 4.68. The summed E-state index contributed by atoms with van der Waals surface area (Å²) in [5.41, 5.74) is 1.20. The molecule has 1 saturated heterocycles. The van der Waals surface area contributed by atoms with Gasteiger partial charge in [-0.25, -0.2) is 8.42 Å². The lowest BCUT2D eigenvalue weighted by atomic mass is 10.1. The maximum absolute atomic E-state index is 12.4. The zero-order valence-corrected chi connectivity index (χ0v) is 12.7. The van der Waals surface area contributed by atoms with Crippen LogP contribution in [-0.4, -0.2) is 51.7 Å². The van der Waals surface area contributed by atoms with Crippen molar-refractivity contribution in [2.75, 3.05) is 32.4 Å². The van der Waals surface area contributed by atoms with E-state index in [1.165, 1.54) is 12.3 Å². The summed E-state index contributed by atoms with van der Waals surface area (Å²) in [4.78, 5) is 14.4. The number of piperazine rings is 1. The van der Waals surface area contributed by atoms with E-state index < -0.39 is 9.84 Å². The second-order valence-corrected chi connectivity index (χ2v) is 6.97. The molecule has 6 heteroatoms. The van der Waals surface area contributed by atoms with E-state index in [0.29, 0.717) is 25.1 Å². The van der Waals surface area contributed by atoms with Crippen LogP contribution in [-0.2, 0) is 16.3 Å². The summed E-state index contributed by atoms with van der Waals surface area (Å²) in [5, 5.41) is 3.19. The van der Waals surface area contributed by atoms with Crippen LogP contribution in [0.1, 0.15) is 22.8 Å². The number of rotatable bonds is 3. The number of benzene rings is 1. The van der Waals surface area contributed by atoms with Crippen molar-refractivity contribution in [3.05, 3.63) is 29.3 Å². The van der Waals surface area contributed by atoms with Gasteiger partial charge in [-0.05, 0) is 24.1 Å². The maximum atomic E-state index is 12.4. The van der Waals surface area contributed by atoms with Gasteiger partial charge in [0.1, 0.15) is 0 Å². The minimum Gasteiger partial charge on any atom is -0.336 e. The fourth-order valence-electron chi connectivity index (χ4n) is 2.38. The third-order valence-electron chi connectivity index (χ3n) is 3.50. The van der Waals surface area contributed by atoms with Gasteiger partial charge in [0, 0.05) is 38.0 Å². The molecular weight excluding hydrogens is 276 g/mol. The molecule has 0 bridgehead atoms. The van der Waals surface area contributed by atoms with Gasteiger partial charge < -0.3 is 10.2 Å². The summed E-state index contributed by atoms with van der Waals surface area (Å²) in [5.74, 6) is -0.0981. The Kier molecular flexibility index (Phi) is 4.45. The molecule has 1 heterocycles. The first-order chi connectivity index (χ1) is 9.43. The average molecular weight is 296 g/mol. The normalized spacial score (nSPS) is 16.2. The highest BCUT2D eigenvalue weighted by Gasteiger charge is 2.21. The van der Waals surface area contributed by atoms with Crippen molar-refractivity contribution in [1.82, 2.24) is 10.2 Å². The van der Waals surface area contributed by atoms with Crippen LogP contribution in [0.15, 0.2) is 23.1 Å². The van der Waals surface area contributed by atoms with E-state index in [0.717, 1.165) is 18.7 Å². The van der Waals surface area contributed by atoms with Crippen molar-refractivity contribution in [2.24, 2.45) is 0 Å². The van der Waals surface area contributed by atoms with E-state index in [2.05, 4.69) is 5.32 Å². The van der Waals surface area contributed by atoms with E-state index in [-0.39, 0.29) is 10.8 Å². The summed E-state index contributed by atoms with van der Waals surface area (Å²) in [6, 6.07) is 4.97. The highest BCUT2D eigenvalue weighted by atomic mass is 32.2. The molecule has 20 heavy (non-hydrogen) atoms. The minimum absolute atomic E-state index is 0.0981. The number of hydrogen-bond acceptors (Lipinski definition) is 4. The largest absolute Gasteiger partial charge is 0.336 e. The Bertz CT molecular complexity index is 605. The SMILES string of the molecule is CCc1ccc(C(=O)N2CCNCC2)cc1S(C)(=O)=O. The highest BCUT2D eigenvalue weighted by molar-refractivity contribution is 7.90. The van der Waals surface area contributed by atoms with Crippen molar-refractivity contribution in [1.29, 1.82) is 0 Å². The van der Waals surface area contributed by atoms with Crippen LogP contribution in [0.3, 0.4) is 0 Å². The molecule has 0 atom stereocenters. The number of aryl methyl sites for hydroxylation is 1. The van der Waals surface area contributed by atoms with Gasteiger partial charge in [-0.2, -0.15) is 0 Å². The average Bonchev–Trinajstić information content (AvgIpc) is 2.46. The molecule has 5 nitrogen and oxygen atoms in total. The molecule has 0 spiro atoms. The predicted octanol–water partition coefficient (Wildman–Crippen LogP) is 0.698. The molecule has 0 aliphatic carbocycles. The number of nitrogens with one attached hydrogen (secondary N) is 1. The number of carbonyl (C=O) groups excluding carboxylic acids is 1. The molecule has 0 radical (unpaired) electrons. The molecule has 1 fully saturated rings. The summed E-state index contributed by atoms with van der Waals surface area (Å²) in [6.45, 7) is 4.77. The van der Waals surface area contributed by atoms with Crippen molar-refractivity contribution in [3.63, 3.8) is 0 Å². The lowest BCUT2D eigenvalue weighted by Crippen LogP contribution is -2.46. The van der Waals surface area contributed by atoms with Crippen molar-refractivity contribution >= 4 is 15.7 Å². The fourth-order valence-corrected chi connectivity index (χ4v) is 3.41. The first-order valence-corrected chi connectivity index (χ1v) is 8.65. The van der Waals surface area contributed by atoms with Crippen molar-refractivity contribution in [2.45, 2.75) is 18.2 Å². The summed E-state index contributed by atoms with van der Waals surface area (Å²) < 4.78 is 23.7. The summed E-state index contributed by atoms with van der Waals surface area (Å²) in [7, 11) is -3.32. The third kappa shape index (κ3) is 3.19. The fraction of sp³-hybridized carbons (Fsp3) is 0.500. The van der Waals surface area contributed by atoms with Gasteiger partial charge in [-0.3, -0.25) is 4.79 Å². The molecule has 2 rings (SSSR count). The molecule has 1 aliphatic rings. The van der Waals surface area contributed by atoms with E-state index in [9.17, 15) is 13.2 Å². The van der Waals surface area contributed by atoms with E-state index in [4.69, 9.17) is 0 Å². The Morgan fingerprint density at radius 1 is 1.30 bits per heavy atom. The molecule has 1 N–H and O–H groups in total. The second-order valence-electron chi connectivity index (χ2n) is 4.99. The molecule has 110 valence electrons. The van der Waals surface area contributed by atoms with E-state index in [1.807, 2.05) is 6.92 Å². The summed E-state index contributed by atoms with van der Waals surface area (Å²) in [6.07, 6.45) is 1.81. The number of nitrogens with zero attached hydrogens (tertiary/aromatic N) is 1. The minimum atomic E-state index is -3.32. The van der Waals surface area contributed by atoms with Crippen LogP contribution in [0.2, 0.25) is 0 Å². The molecule has 1 amide bonds. The number of hydrogen-bond donors (Lipinski definition) is 1. The zero-order chi connectivity index (χ0) is 14.8. The lowest BCUT2D eigenvalue weighted by Gasteiger charge is -2.27. The van der Waals surface area contributed by atoms with Gasteiger partial charge in [-0.1, -0.05) is 13.0 Å². The predicted molar refractivity (Wildman–Crippen MR) is 77.7 cm³/mol. The number of sulfone groups is 1. The highest BCUT2D eigenvalue weighted by Crippen LogP contribution is 2.19. The number of carbonyl (C=O) groups is 1. The Morgan fingerprint density at radius 2 is 1.95 bits per heavy atom. The standard InChI is InChI=1S/C14H20N2O3S/c1-3-11-4-5-12(10-13(11)20(2,18)19)14(17)16-8-6-15-7-9-16/h4-5,10,15H,3,6-9H2,1-2H3. The van der Waals surface area contributed by atoms with E-state index in [1.54, 1.807) is 17.0 Å². The smallest absolute Gasteiger partial charge is 0.253 e. The Hall–Kier alpha value is -1.40. The molecule has 1 aromatic carbocycles. The van der Waals surface area contributed by atoms with Crippen LogP contribution in [0.5, 0.6) is 0 Å². The Balaban J connectivity index is 2.35.